The summed E-state index contributed by atoms with van der Waals surface area (Å²) in [6.07, 6.45) is 2.70. The van der Waals surface area contributed by atoms with Crippen molar-refractivity contribution in [2.75, 3.05) is 0 Å². The molecule has 2 nitrogen and oxygen atoms in total. The minimum atomic E-state index is -0.661. The van der Waals surface area contributed by atoms with Crippen LogP contribution in [0.3, 0.4) is 0 Å². The lowest BCUT2D eigenvalue weighted by Gasteiger charge is -2.37. The van der Waals surface area contributed by atoms with Crippen LogP contribution in [0.1, 0.15) is 42.1 Å². The molecule has 0 spiro atoms. The van der Waals surface area contributed by atoms with E-state index in [2.05, 4.69) is 0 Å². The molecule has 0 unspecified atom stereocenters. The zero-order valence-electron chi connectivity index (χ0n) is 8.29. The number of hydrogen-bond acceptors (Lipinski definition) is 2. The molecule has 2 rings (SSSR count). The van der Waals surface area contributed by atoms with Gasteiger partial charge in [0.1, 0.15) is 0 Å². The van der Waals surface area contributed by atoms with Crippen LogP contribution >= 0.6 is 0 Å². The first-order chi connectivity index (χ1) is 6.62. The second-order valence-corrected chi connectivity index (χ2v) is 4.02. The number of rotatable bonds is 2. The molecule has 1 saturated carbocycles. The third kappa shape index (κ3) is 1.46. The quantitative estimate of drug-likeness (QED) is 0.726. The Morgan fingerprint density at radius 2 is 2.14 bits per heavy atom. The van der Waals surface area contributed by atoms with Gasteiger partial charge in [0.15, 0.2) is 5.78 Å². The van der Waals surface area contributed by atoms with Crippen molar-refractivity contribution < 1.29 is 9.90 Å². The normalized spacial score (nSPS) is 18.7. The Hall–Kier alpha value is -1.15. The molecular formula is C12H14O2. The molecule has 1 aromatic rings. The number of carbonyl (C=O) groups is 1. The maximum Gasteiger partial charge on any atom is 0.159 e. The average molecular weight is 190 g/mol. The van der Waals surface area contributed by atoms with Crippen molar-refractivity contribution in [1.29, 1.82) is 0 Å². The van der Waals surface area contributed by atoms with E-state index in [1.54, 1.807) is 13.0 Å². The van der Waals surface area contributed by atoms with Crippen LogP contribution in [0.5, 0.6) is 0 Å². The molecule has 0 amide bonds. The Balaban J connectivity index is 2.35. The van der Waals surface area contributed by atoms with E-state index in [1.165, 1.54) is 0 Å². The monoisotopic (exact) mass is 190 g/mol. The maximum absolute atomic E-state index is 11.1. The van der Waals surface area contributed by atoms with Crippen molar-refractivity contribution in [3.05, 3.63) is 35.4 Å². The van der Waals surface area contributed by atoms with Crippen LogP contribution < -0.4 is 0 Å². The van der Waals surface area contributed by atoms with Crippen LogP contribution in [-0.2, 0) is 5.60 Å². The van der Waals surface area contributed by atoms with Crippen molar-refractivity contribution in [2.24, 2.45) is 0 Å². The molecule has 0 heterocycles. The van der Waals surface area contributed by atoms with Gasteiger partial charge in [-0.1, -0.05) is 18.2 Å². The van der Waals surface area contributed by atoms with E-state index in [0.717, 1.165) is 24.8 Å². The number of benzene rings is 1. The Labute approximate surface area is 83.6 Å². The van der Waals surface area contributed by atoms with Crippen molar-refractivity contribution in [3.63, 3.8) is 0 Å². The molecule has 0 aliphatic heterocycles. The largest absolute Gasteiger partial charge is 0.385 e. The summed E-state index contributed by atoms with van der Waals surface area (Å²) >= 11 is 0. The minimum absolute atomic E-state index is 0.0507. The molecule has 74 valence electrons. The lowest BCUT2D eigenvalue weighted by molar-refractivity contribution is -0.0388. The summed E-state index contributed by atoms with van der Waals surface area (Å²) in [5.74, 6) is 0.0507. The predicted octanol–water partition coefficient (Wildman–Crippen LogP) is 2.26. The summed E-state index contributed by atoms with van der Waals surface area (Å²) in [5, 5.41) is 10.1. The van der Waals surface area contributed by atoms with E-state index in [4.69, 9.17) is 0 Å². The third-order valence-corrected chi connectivity index (χ3v) is 2.99. The van der Waals surface area contributed by atoms with Crippen LogP contribution in [0.15, 0.2) is 24.3 Å². The minimum Gasteiger partial charge on any atom is -0.385 e. The standard InChI is InChI=1S/C12H14O2/c1-9(13)10-4-2-5-11(8-10)12(14)6-3-7-12/h2,4-5,8,14H,3,6-7H2,1H3. The molecule has 14 heavy (non-hydrogen) atoms. The van der Waals surface area contributed by atoms with Gasteiger partial charge in [0.05, 0.1) is 5.60 Å². The first kappa shape index (κ1) is 9.41. The smallest absolute Gasteiger partial charge is 0.159 e. The van der Waals surface area contributed by atoms with Gasteiger partial charge in [0, 0.05) is 5.56 Å². The highest BCUT2D eigenvalue weighted by Crippen LogP contribution is 2.41. The van der Waals surface area contributed by atoms with Crippen LogP contribution in [0.4, 0.5) is 0 Å². The van der Waals surface area contributed by atoms with Gasteiger partial charge in [-0.2, -0.15) is 0 Å². The summed E-state index contributed by atoms with van der Waals surface area (Å²) < 4.78 is 0. The topological polar surface area (TPSA) is 37.3 Å². The van der Waals surface area contributed by atoms with Crippen LogP contribution in [-0.4, -0.2) is 10.9 Å². The number of ketones is 1. The van der Waals surface area contributed by atoms with Gasteiger partial charge in [-0.15, -0.1) is 0 Å². The molecule has 1 fully saturated rings. The van der Waals surface area contributed by atoms with E-state index in [0.29, 0.717) is 5.56 Å². The van der Waals surface area contributed by atoms with Crippen molar-refractivity contribution >= 4 is 5.78 Å². The molecular weight excluding hydrogens is 176 g/mol. The summed E-state index contributed by atoms with van der Waals surface area (Å²) in [6.45, 7) is 1.55. The Morgan fingerprint density at radius 3 is 2.64 bits per heavy atom. The van der Waals surface area contributed by atoms with E-state index in [9.17, 15) is 9.90 Å². The van der Waals surface area contributed by atoms with Gasteiger partial charge in [-0.3, -0.25) is 4.79 Å². The number of aliphatic hydroxyl groups is 1. The summed E-state index contributed by atoms with van der Waals surface area (Å²) in [6, 6.07) is 7.32. The van der Waals surface area contributed by atoms with Crippen molar-refractivity contribution in [3.8, 4) is 0 Å². The van der Waals surface area contributed by atoms with Crippen LogP contribution in [0, 0.1) is 0 Å². The summed E-state index contributed by atoms with van der Waals surface area (Å²) in [4.78, 5) is 11.1. The second kappa shape index (κ2) is 3.21. The molecule has 0 saturated heterocycles. The molecule has 1 aromatic carbocycles. The molecule has 1 N–H and O–H groups in total. The third-order valence-electron chi connectivity index (χ3n) is 2.99. The number of Topliss-reactive ketones (excluding diaryl/α,β-unsaturated/α-hetero) is 1. The van der Waals surface area contributed by atoms with Crippen molar-refractivity contribution in [2.45, 2.75) is 31.8 Å². The summed E-state index contributed by atoms with van der Waals surface area (Å²) in [5.41, 5.74) is 0.908. The molecule has 0 aromatic heterocycles. The Kier molecular flexibility index (Phi) is 2.16. The van der Waals surface area contributed by atoms with Gasteiger partial charge in [-0.25, -0.2) is 0 Å². The zero-order valence-corrected chi connectivity index (χ0v) is 8.29. The molecule has 0 radical (unpaired) electrons. The van der Waals surface area contributed by atoms with E-state index in [-0.39, 0.29) is 5.78 Å². The first-order valence-electron chi connectivity index (χ1n) is 4.96. The molecule has 2 heteroatoms. The van der Waals surface area contributed by atoms with E-state index in [1.807, 2.05) is 18.2 Å². The fraction of sp³-hybridized carbons (Fsp3) is 0.417. The van der Waals surface area contributed by atoms with Gasteiger partial charge in [0.2, 0.25) is 0 Å². The van der Waals surface area contributed by atoms with E-state index < -0.39 is 5.60 Å². The fourth-order valence-corrected chi connectivity index (χ4v) is 1.83. The molecule has 1 aliphatic carbocycles. The highest BCUT2D eigenvalue weighted by Gasteiger charge is 2.36. The summed E-state index contributed by atoms with van der Waals surface area (Å²) in [7, 11) is 0. The van der Waals surface area contributed by atoms with Gasteiger partial charge in [0.25, 0.3) is 0 Å². The highest BCUT2D eigenvalue weighted by molar-refractivity contribution is 5.94. The van der Waals surface area contributed by atoms with Crippen LogP contribution in [0.25, 0.3) is 0 Å². The van der Waals surface area contributed by atoms with Gasteiger partial charge >= 0.3 is 0 Å². The lowest BCUT2D eigenvalue weighted by Crippen LogP contribution is -2.33. The van der Waals surface area contributed by atoms with Crippen molar-refractivity contribution in [1.82, 2.24) is 0 Å². The molecule has 1 aliphatic rings. The molecule has 0 bridgehead atoms. The molecule has 0 atom stereocenters. The number of carbonyl (C=O) groups excluding carboxylic acids is 1. The Bertz CT molecular complexity index is 364. The zero-order chi connectivity index (χ0) is 10.2. The van der Waals surface area contributed by atoms with Crippen LogP contribution in [0.2, 0.25) is 0 Å². The van der Waals surface area contributed by atoms with Gasteiger partial charge < -0.3 is 5.11 Å². The first-order valence-corrected chi connectivity index (χ1v) is 4.96. The predicted molar refractivity (Wildman–Crippen MR) is 54.2 cm³/mol. The maximum atomic E-state index is 11.1. The average Bonchev–Trinajstić information content (AvgIpc) is 2.14. The van der Waals surface area contributed by atoms with Gasteiger partial charge in [-0.05, 0) is 37.8 Å². The number of hydrogen-bond donors (Lipinski definition) is 1. The SMILES string of the molecule is CC(=O)c1cccc(C2(O)CCC2)c1. The Morgan fingerprint density at radius 1 is 1.43 bits per heavy atom. The second-order valence-electron chi connectivity index (χ2n) is 4.02. The fourth-order valence-electron chi connectivity index (χ4n) is 1.83. The highest BCUT2D eigenvalue weighted by atomic mass is 16.3. The van der Waals surface area contributed by atoms with E-state index >= 15 is 0 Å². The lowest BCUT2D eigenvalue weighted by atomic mass is 9.75.